The summed E-state index contributed by atoms with van der Waals surface area (Å²) in [5, 5.41) is 0. The molecule has 0 amide bonds. The highest BCUT2D eigenvalue weighted by atomic mass is 16.7. The molecule has 2 atom stereocenters. The van der Waals surface area contributed by atoms with Gasteiger partial charge in [-0.2, -0.15) is 0 Å². The molecule has 0 bridgehead atoms. The third kappa shape index (κ3) is 1.71. The molecule has 0 aromatic heterocycles. The number of aryl methyl sites for hydroxylation is 1. The maximum atomic E-state index is 12.2. The van der Waals surface area contributed by atoms with Gasteiger partial charge in [0, 0.05) is 6.42 Å². The minimum absolute atomic E-state index is 0.183. The summed E-state index contributed by atoms with van der Waals surface area (Å²) in [5.74, 6) is -0.183. The largest absolute Gasteiger partial charge is 0.464 e. The van der Waals surface area contributed by atoms with Gasteiger partial charge < -0.3 is 9.47 Å². The first-order valence-corrected chi connectivity index (χ1v) is 7.11. The van der Waals surface area contributed by atoms with Crippen LogP contribution in [0.1, 0.15) is 37.8 Å². The van der Waals surface area contributed by atoms with Crippen LogP contribution < -0.4 is 0 Å². The van der Waals surface area contributed by atoms with Crippen molar-refractivity contribution in [2.75, 3.05) is 6.61 Å². The molecule has 1 fully saturated rings. The number of hydrogen-bond acceptors (Lipinski definition) is 3. The van der Waals surface area contributed by atoms with Crippen molar-refractivity contribution in [1.82, 2.24) is 0 Å². The lowest BCUT2D eigenvalue weighted by molar-refractivity contribution is -0.149. The molecule has 19 heavy (non-hydrogen) atoms. The van der Waals surface area contributed by atoms with E-state index in [2.05, 4.69) is 24.3 Å². The third-order valence-corrected chi connectivity index (χ3v) is 4.56. The van der Waals surface area contributed by atoms with Crippen LogP contribution in [0.3, 0.4) is 0 Å². The van der Waals surface area contributed by atoms with Crippen LogP contribution in [-0.2, 0) is 27.1 Å². The van der Waals surface area contributed by atoms with Crippen molar-refractivity contribution in [2.24, 2.45) is 0 Å². The van der Waals surface area contributed by atoms with E-state index in [4.69, 9.17) is 9.47 Å². The highest BCUT2D eigenvalue weighted by molar-refractivity contribution is 5.85. The van der Waals surface area contributed by atoms with Gasteiger partial charge in [0.05, 0.1) is 6.61 Å². The Hall–Kier alpha value is -1.35. The molecule has 1 saturated heterocycles. The summed E-state index contributed by atoms with van der Waals surface area (Å²) in [5.41, 5.74) is 1.68. The van der Waals surface area contributed by atoms with E-state index < -0.39 is 5.60 Å². The molecule has 1 aromatic carbocycles. The molecule has 3 heteroatoms. The van der Waals surface area contributed by atoms with E-state index in [-0.39, 0.29) is 11.6 Å². The highest BCUT2D eigenvalue weighted by Crippen LogP contribution is 2.57. The molecule has 2 aliphatic rings. The fourth-order valence-electron chi connectivity index (χ4n) is 3.46. The van der Waals surface area contributed by atoms with Crippen LogP contribution in [0.25, 0.3) is 0 Å². The predicted molar refractivity (Wildman–Crippen MR) is 71.9 cm³/mol. The Kier molecular flexibility index (Phi) is 2.90. The molecule has 3 rings (SSSR count). The van der Waals surface area contributed by atoms with Crippen molar-refractivity contribution >= 4 is 5.97 Å². The molecule has 0 radical (unpaired) electrons. The maximum Gasteiger partial charge on any atom is 0.341 e. The van der Waals surface area contributed by atoms with Gasteiger partial charge in [-0.3, -0.25) is 0 Å². The van der Waals surface area contributed by atoms with Crippen molar-refractivity contribution in [1.29, 1.82) is 0 Å². The lowest BCUT2D eigenvalue weighted by Crippen LogP contribution is -2.38. The van der Waals surface area contributed by atoms with Gasteiger partial charge in [0.2, 0.25) is 0 Å². The predicted octanol–water partition coefficient (Wildman–Crippen LogP) is 2.66. The van der Waals surface area contributed by atoms with E-state index in [1.54, 1.807) is 0 Å². The van der Waals surface area contributed by atoms with Crippen molar-refractivity contribution in [3.8, 4) is 0 Å². The minimum atomic E-state index is -0.698. The quantitative estimate of drug-likeness (QED) is 0.619. The summed E-state index contributed by atoms with van der Waals surface area (Å²) < 4.78 is 11.2. The number of hydrogen-bond donors (Lipinski definition) is 0. The molecule has 0 N–H and O–H groups in total. The van der Waals surface area contributed by atoms with Crippen molar-refractivity contribution < 1.29 is 14.3 Å². The average Bonchev–Trinajstić information content (AvgIpc) is 3.07. The summed E-state index contributed by atoms with van der Waals surface area (Å²) in [7, 11) is 0. The number of fused-ring (bicyclic) bond motifs is 1. The lowest BCUT2D eigenvalue weighted by atomic mass is 9.76. The second kappa shape index (κ2) is 4.34. The van der Waals surface area contributed by atoms with Crippen molar-refractivity contribution in [3.05, 3.63) is 35.4 Å². The van der Waals surface area contributed by atoms with Gasteiger partial charge in [-0.1, -0.05) is 31.2 Å². The van der Waals surface area contributed by atoms with Crippen LogP contribution in [0.15, 0.2) is 24.3 Å². The van der Waals surface area contributed by atoms with E-state index in [9.17, 15) is 4.79 Å². The van der Waals surface area contributed by atoms with E-state index in [0.29, 0.717) is 13.0 Å². The number of esters is 1. The number of carbonyl (C=O) groups is 1. The number of ether oxygens (including phenoxy) is 2. The molecular formula is C16H20O3. The molecule has 0 saturated carbocycles. The average molecular weight is 260 g/mol. The van der Waals surface area contributed by atoms with Crippen molar-refractivity contribution in [3.63, 3.8) is 0 Å². The van der Waals surface area contributed by atoms with Crippen LogP contribution in [0.2, 0.25) is 0 Å². The van der Waals surface area contributed by atoms with Gasteiger partial charge >= 0.3 is 5.97 Å². The molecule has 3 nitrogen and oxygen atoms in total. The van der Waals surface area contributed by atoms with E-state index in [1.165, 1.54) is 11.1 Å². The second-order valence-electron chi connectivity index (χ2n) is 5.44. The lowest BCUT2D eigenvalue weighted by Gasteiger charge is -2.24. The Morgan fingerprint density at radius 3 is 2.74 bits per heavy atom. The zero-order chi connectivity index (χ0) is 13.5. The summed E-state index contributed by atoms with van der Waals surface area (Å²) in [6, 6.07) is 8.44. The van der Waals surface area contributed by atoms with Crippen LogP contribution in [-0.4, -0.2) is 23.8 Å². The van der Waals surface area contributed by atoms with Gasteiger partial charge in [-0.25, -0.2) is 4.79 Å². The standard InChI is InChI=1S/C16H20O3/c1-3-16(14(17)18-4-2)15(19-16)10-9-12-7-5-6-8-13(12)11-15/h5-8H,3-4,9-11H2,1-2H3. The smallest absolute Gasteiger partial charge is 0.341 e. The van der Waals surface area contributed by atoms with Crippen LogP contribution in [0, 0.1) is 0 Å². The minimum Gasteiger partial charge on any atom is -0.464 e. The molecule has 2 unspecified atom stereocenters. The maximum absolute atomic E-state index is 12.2. The SMILES string of the molecule is CCOC(=O)C1(CC)OC12CCc1ccccc1C2. The van der Waals surface area contributed by atoms with Gasteiger partial charge in [0.15, 0.2) is 5.60 Å². The Morgan fingerprint density at radius 2 is 2.05 bits per heavy atom. The molecule has 1 aliphatic heterocycles. The normalized spacial score (nSPS) is 31.9. The zero-order valence-electron chi connectivity index (χ0n) is 11.6. The third-order valence-electron chi connectivity index (χ3n) is 4.56. The highest BCUT2D eigenvalue weighted by Gasteiger charge is 2.74. The Bertz CT molecular complexity index is 510. The molecule has 102 valence electrons. The molecule has 1 heterocycles. The summed E-state index contributed by atoms with van der Waals surface area (Å²) in [6.07, 6.45) is 3.41. The van der Waals surface area contributed by atoms with Crippen molar-refractivity contribution in [2.45, 2.75) is 50.7 Å². The number of rotatable bonds is 3. The fourth-order valence-corrected chi connectivity index (χ4v) is 3.46. The number of carbonyl (C=O) groups excluding carboxylic acids is 1. The molecule has 1 aromatic rings. The Balaban J connectivity index is 1.86. The summed E-state index contributed by atoms with van der Waals surface area (Å²) >= 11 is 0. The van der Waals surface area contributed by atoms with Gasteiger partial charge in [0.25, 0.3) is 0 Å². The van der Waals surface area contributed by atoms with Crippen LogP contribution in [0.5, 0.6) is 0 Å². The first kappa shape index (κ1) is 12.7. The van der Waals surface area contributed by atoms with Gasteiger partial charge in [0.1, 0.15) is 5.60 Å². The van der Waals surface area contributed by atoms with Gasteiger partial charge in [-0.05, 0) is 37.3 Å². The zero-order valence-corrected chi connectivity index (χ0v) is 11.6. The number of epoxide rings is 1. The number of benzene rings is 1. The van der Waals surface area contributed by atoms with Crippen LogP contribution in [0.4, 0.5) is 0 Å². The van der Waals surface area contributed by atoms with Crippen LogP contribution >= 0.6 is 0 Å². The monoisotopic (exact) mass is 260 g/mol. The molecular weight excluding hydrogens is 240 g/mol. The second-order valence-corrected chi connectivity index (χ2v) is 5.44. The first-order chi connectivity index (χ1) is 9.17. The summed E-state index contributed by atoms with van der Waals surface area (Å²) in [6.45, 7) is 4.26. The van der Waals surface area contributed by atoms with E-state index in [1.807, 2.05) is 13.8 Å². The fraction of sp³-hybridized carbons (Fsp3) is 0.562. The van der Waals surface area contributed by atoms with E-state index in [0.717, 1.165) is 19.3 Å². The Labute approximate surface area is 113 Å². The molecule has 1 spiro atoms. The first-order valence-electron chi connectivity index (χ1n) is 7.11. The van der Waals surface area contributed by atoms with Gasteiger partial charge in [-0.15, -0.1) is 0 Å². The van der Waals surface area contributed by atoms with E-state index >= 15 is 0 Å². The topological polar surface area (TPSA) is 38.8 Å². The Morgan fingerprint density at radius 1 is 1.32 bits per heavy atom. The summed E-state index contributed by atoms with van der Waals surface area (Å²) in [4.78, 5) is 12.2. The molecule has 1 aliphatic carbocycles.